The molecule has 0 aliphatic heterocycles. The van der Waals surface area contributed by atoms with Crippen molar-refractivity contribution in [2.75, 3.05) is 13.1 Å². The van der Waals surface area contributed by atoms with E-state index in [1.165, 1.54) is 0 Å². The van der Waals surface area contributed by atoms with Gasteiger partial charge in [-0.3, -0.25) is 4.79 Å². The summed E-state index contributed by atoms with van der Waals surface area (Å²) >= 11 is 2.15. The summed E-state index contributed by atoms with van der Waals surface area (Å²) in [5, 5.41) is 2.76. The average molecular weight is 330 g/mol. The molecule has 0 fully saturated rings. The zero-order valence-corrected chi connectivity index (χ0v) is 10.5. The molecule has 1 rings (SSSR count). The van der Waals surface area contributed by atoms with Gasteiger partial charge in [-0.25, -0.2) is 0 Å². The van der Waals surface area contributed by atoms with E-state index < -0.39 is 0 Å². The fourth-order valence-corrected chi connectivity index (χ4v) is 1.37. The summed E-state index contributed by atoms with van der Waals surface area (Å²) in [6.07, 6.45) is 2.60. The molecular weight excluding hydrogens is 316 g/mol. The minimum absolute atomic E-state index is 0. The topological polar surface area (TPSA) is 70.9 Å². The van der Waals surface area contributed by atoms with Crippen LogP contribution in [-0.4, -0.2) is 24.0 Å². The van der Waals surface area contributed by atoms with Crippen LogP contribution in [0.25, 0.3) is 0 Å². The number of nitrogens with two attached hydrogens (primary N) is 1. The second-order valence-electron chi connectivity index (χ2n) is 2.63. The minimum Gasteiger partial charge on any atom is -0.356 e. The molecular formula is C8H13ClIN3O. The maximum atomic E-state index is 11.3. The summed E-state index contributed by atoms with van der Waals surface area (Å²) in [7, 11) is 0. The van der Waals surface area contributed by atoms with E-state index >= 15 is 0 Å². The van der Waals surface area contributed by atoms with Crippen molar-refractivity contribution in [2.45, 2.75) is 6.42 Å². The van der Waals surface area contributed by atoms with E-state index in [-0.39, 0.29) is 18.3 Å². The summed E-state index contributed by atoms with van der Waals surface area (Å²) < 4.78 is 1.03. The van der Waals surface area contributed by atoms with E-state index in [2.05, 4.69) is 32.9 Å². The summed E-state index contributed by atoms with van der Waals surface area (Å²) in [5.74, 6) is -0.0728. The smallest absolute Gasteiger partial charge is 0.267 e. The Kier molecular flexibility index (Phi) is 6.94. The van der Waals surface area contributed by atoms with Gasteiger partial charge in [-0.1, -0.05) is 0 Å². The maximum absolute atomic E-state index is 11.3. The third-order valence-corrected chi connectivity index (χ3v) is 2.18. The number of amides is 1. The predicted octanol–water partition coefficient (Wildman–Crippen LogP) is 1.12. The number of aromatic amines is 1. The van der Waals surface area contributed by atoms with Gasteiger partial charge in [0.15, 0.2) is 0 Å². The lowest BCUT2D eigenvalue weighted by molar-refractivity contribution is 0.0949. The molecule has 1 aromatic rings. The van der Waals surface area contributed by atoms with Crippen molar-refractivity contribution in [2.24, 2.45) is 5.73 Å². The van der Waals surface area contributed by atoms with Gasteiger partial charge in [0.2, 0.25) is 0 Å². The summed E-state index contributed by atoms with van der Waals surface area (Å²) in [5.41, 5.74) is 5.90. The normalized spacial score (nSPS) is 9.29. The Morgan fingerprint density at radius 3 is 2.86 bits per heavy atom. The van der Waals surface area contributed by atoms with Gasteiger partial charge in [0.25, 0.3) is 5.91 Å². The van der Waals surface area contributed by atoms with Crippen molar-refractivity contribution in [3.63, 3.8) is 0 Å². The molecule has 0 aliphatic rings. The molecule has 14 heavy (non-hydrogen) atoms. The highest BCUT2D eigenvalue weighted by Gasteiger charge is 2.05. The van der Waals surface area contributed by atoms with Gasteiger partial charge in [-0.2, -0.15) is 0 Å². The molecule has 1 amide bonds. The first kappa shape index (κ1) is 13.7. The van der Waals surface area contributed by atoms with Crippen molar-refractivity contribution >= 4 is 40.9 Å². The van der Waals surface area contributed by atoms with Gasteiger partial charge in [0, 0.05) is 16.3 Å². The molecule has 6 heteroatoms. The number of rotatable bonds is 4. The van der Waals surface area contributed by atoms with Gasteiger partial charge >= 0.3 is 0 Å². The number of carbonyl (C=O) groups is 1. The van der Waals surface area contributed by atoms with Crippen LogP contribution in [0.5, 0.6) is 0 Å². The van der Waals surface area contributed by atoms with Crippen molar-refractivity contribution < 1.29 is 4.79 Å². The largest absolute Gasteiger partial charge is 0.356 e. The first-order valence-corrected chi connectivity index (χ1v) is 5.14. The third kappa shape index (κ3) is 4.30. The Morgan fingerprint density at radius 2 is 2.36 bits per heavy atom. The molecule has 4 N–H and O–H groups in total. The molecule has 4 nitrogen and oxygen atoms in total. The van der Waals surface area contributed by atoms with Gasteiger partial charge in [0.1, 0.15) is 5.69 Å². The van der Waals surface area contributed by atoms with E-state index in [1.807, 2.05) is 0 Å². The lowest BCUT2D eigenvalue weighted by Gasteiger charge is -2.00. The van der Waals surface area contributed by atoms with E-state index in [1.54, 1.807) is 12.3 Å². The van der Waals surface area contributed by atoms with Gasteiger partial charge in [-0.15, -0.1) is 12.4 Å². The Labute approximate surface area is 103 Å². The van der Waals surface area contributed by atoms with E-state index in [0.29, 0.717) is 18.8 Å². The summed E-state index contributed by atoms with van der Waals surface area (Å²) in [6, 6.07) is 1.80. The highest BCUT2D eigenvalue weighted by Crippen LogP contribution is 2.05. The molecule has 1 aromatic heterocycles. The van der Waals surface area contributed by atoms with Crippen LogP contribution in [0, 0.1) is 3.57 Å². The van der Waals surface area contributed by atoms with Crippen LogP contribution in [0.4, 0.5) is 0 Å². The second kappa shape index (κ2) is 7.08. The number of hydrogen-bond donors (Lipinski definition) is 3. The molecule has 0 radical (unpaired) electrons. The first-order valence-electron chi connectivity index (χ1n) is 4.06. The number of carbonyl (C=O) groups excluding carboxylic acids is 1. The Bertz CT molecular complexity index is 290. The lowest BCUT2D eigenvalue weighted by atomic mass is 10.4. The van der Waals surface area contributed by atoms with Crippen LogP contribution >= 0.6 is 35.0 Å². The average Bonchev–Trinajstić information content (AvgIpc) is 2.52. The maximum Gasteiger partial charge on any atom is 0.267 e. The zero-order valence-electron chi connectivity index (χ0n) is 7.55. The van der Waals surface area contributed by atoms with Gasteiger partial charge < -0.3 is 16.0 Å². The number of H-pyrrole nitrogens is 1. The highest BCUT2D eigenvalue weighted by atomic mass is 127. The van der Waals surface area contributed by atoms with E-state index in [4.69, 9.17) is 5.73 Å². The summed E-state index contributed by atoms with van der Waals surface area (Å²) in [6.45, 7) is 1.23. The molecule has 0 saturated heterocycles. The Hall–Kier alpha value is -0.270. The number of nitrogens with one attached hydrogen (secondary N) is 2. The molecule has 0 unspecified atom stereocenters. The van der Waals surface area contributed by atoms with Crippen LogP contribution in [0.15, 0.2) is 12.3 Å². The highest BCUT2D eigenvalue weighted by molar-refractivity contribution is 14.1. The molecule has 0 aromatic carbocycles. The fourth-order valence-electron chi connectivity index (χ4n) is 0.898. The zero-order chi connectivity index (χ0) is 9.68. The monoisotopic (exact) mass is 329 g/mol. The van der Waals surface area contributed by atoms with E-state index in [0.717, 1.165) is 9.99 Å². The standard InChI is InChI=1S/C8H12IN3O.ClH/c9-6-4-7(12-5-6)8(13)11-3-1-2-10;/h4-5,12H,1-3,10H2,(H,11,13);1H. The second-order valence-corrected chi connectivity index (χ2v) is 3.88. The number of aromatic nitrogens is 1. The van der Waals surface area contributed by atoms with Crippen LogP contribution in [0.3, 0.4) is 0 Å². The molecule has 80 valence electrons. The van der Waals surface area contributed by atoms with Crippen molar-refractivity contribution in [1.29, 1.82) is 0 Å². The quantitative estimate of drug-likeness (QED) is 0.572. The van der Waals surface area contributed by atoms with Gasteiger partial charge in [-0.05, 0) is 41.6 Å². The van der Waals surface area contributed by atoms with E-state index in [9.17, 15) is 4.79 Å². The van der Waals surface area contributed by atoms with Crippen molar-refractivity contribution in [1.82, 2.24) is 10.3 Å². The Morgan fingerprint density at radius 1 is 1.64 bits per heavy atom. The van der Waals surface area contributed by atoms with Crippen molar-refractivity contribution in [3.8, 4) is 0 Å². The van der Waals surface area contributed by atoms with Crippen LogP contribution in [-0.2, 0) is 0 Å². The molecule has 0 saturated carbocycles. The SMILES string of the molecule is Cl.NCCCNC(=O)c1cc(I)c[nH]1. The van der Waals surface area contributed by atoms with Crippen molar-refractivity contribution in [3.05, 3.63) is 21.5 Å². The molecule has 0 atom stereocenters. The minimum atomic E-state index is -0.0728. The molecule has 0 bridgehead atoms. The fraction of sp³-hybridized carbons (Fsp3) is 0.375. The number of hydrogen-bond acceptors (Lipinski definition) is 2. The Balaban J connectivity index is 0.00000169. The van der Waals surface area contributed by atoms with Crippen LogP contribution in [0.2, 0.25) is 0 Å². The number of halogens is 2. The first-order chi connectivity index (χ1) is 6.24. The van der Waals surface area contributed by atoms with Gasteiger partial charge in [0.05, 0.1) is 0 Å². The summed E-state index contributed by atoms with van der Waals surface area (Å²) in [4.78, 5) is 14.2. The molecule has 0 spiro atoms. The predicted molar refractivity (Wildman–Crippen MR) is 66.8 cm³/mol. The lowest BCUT2D eigenvalue weighted by Crippen LogP contribution is -2.26. The van der Waals surface area contributed by atoms with Crippen LogP contribution in [0.1, 0.15) is 16.9 Å². The van der Waals surface area contributed by atoms with Crippen LogP contribution < -0.4 is 11.1 Å². The third-order valence-electron chi connectivity index (χ3n) is 1.56. The molecule has 0 aliphatic carbocycles. The molecule has 1 heterocycles.